The summed E-state index contributed by atoms with van der Waals surface area (Å²) in [4.78, 5) is 2.59. The van der Waals surface area contributed by atoms with Crippen LogP contribution in [-0.2, 0) is 6.54 Å². The lowest BCUT2D eigenvalue weighted by Crippen LogP contribution is -2.35. The highest BCUT2D eigenvalue weighted by Crippen LogP contribution is 2.23. The van der Waals surface area contributed by atoms with Crippen LogP contribution in [0.2, 0.25) is 5.02 Å². The molecule has 0 radical (unpaired) electrons. The van der Waals surface area contributed by atoms with Crippen LogP contribution in [0.15, 0.2) is 18.2 Å². The molecule has 0 aromatic heterocycles. The van der Waals surface area contributed by atoms with Gasteiger partial charge in [-0.1, -0.05) is 17.7 Å². The zero-order valence-electron chi connectivity index (χ0n) is 11.0. The van der Waals surface area contributed by atoms with Crippen LogP contribution in [0.5, 0.6) is 0 Å². The Labute approximate surface area is 114 Å². The number of hydrogen-bond donors (Lipinski definition) is 1. The molecule has 0 saturated carbocycles. The Kier molecular flexibility index (Phi) is 3.60. The average Bonchev–Trinajstić information content (AvgIpc) is 2.66. The van der Waals surface area contributed by atoms with Crippen molar-refractivity contribution in [3.63, 3.8) is 0 Å². The number of nitrogens with zero attached hydrogens (tertiary/aromatic N) is 1. The molecule has 2 saturated heterocycles. The van der Waals surface area contributed by atoms with E-state index in [1.54, 1.807) is 0 Å². The third kappa shape index (κ3) is 2.71. The Morgan fingerprint density at radius 1 is 1.28 bits per heavy atom. The summed E-state index contributed by atoms with van der Waals surface area (Å²) in [5.41, 5.74) is 2.72. The van der Waals surface area contributed by atoms with Crippen LogP contribution in [0, 0.1) is 6.92 Å². The number of benzene rings is 1. The smallest absolute Gasteiger partial charge is 0.0408 e. The van der Waals surface area contributed by atoms with Crippen molar-refractivity contribution >= 4 is 11.6 Å². The molecular weight excluding hydrogens is 244 g/mol. The molecule has 0 amide bonds. The molecule has 1 aromatic rings. The van der Waals surface area contributed by atoms with Crippen molar-refractivity contribution in [3.05, 3.63) is 34.3 Å². The molecule has 0 aliphatic carbocycles. The van der Waals surface area contributed by atoms with Crippen LogP contribution in [-0.4, -0.2) is 30.1 Å². The topological polar surface area (TPSA) is 15.3 Å². The van der Waals surface area contributed by atoms with Gasteiger partial charge in [0, 0.05) is 36.7 Å². The molecule has 2 aliphatic rings. The zero-order chi connectivity index (χ0) is 12.5. The highest BCUT2D eigenvalue weighted by molar-refractivity contribution is 6.30. The Hall–Kier alpha value is -0.570. The third-order valence-corrected chi connectivity index (χ3v) is 4.54. The number of rotatable bonds is 2. The lowest BCUT2D eigenvalue weighted by atomic mass is 10.1. The van der Waals surface area contributed by atoms with Crippen molar-refractivity contribution in [3.8, 4) is 0 Å². The lowest BCUT2D eigenvalue weighted by Gasteiger charge is -2.24. The molecule has 2 bridgehead atoms. The van der Waals surface area contributed by atoms with E-state index in [0.29, 0.717) is 6.04 Å². The van der Waals surface area contributed by atoms with Gasteiger partial charge in [0.15, 0.2) is 0 Å². The molecule has 2 fully saturated rings. The second kappa shape index (κ2) is 5.20. The van der Waals surface area contributed by atoms with E-state index in [-0.39, 0.29) is 0 Å². The van der Waals surface area contributed by atoms with Gasteiger partial charge < -0.3 is 5.32 Å². The van der Waals surface area contributed by atoms with Crippen molar-refractivity contribution in [1.29, 1.82) is 0 Å². The van der Waals surface area contributed by atoms with Gasteiger partial charge in [0.05, 0.1) is 0 Å². The molecule has 1 N–H and O–H groups in total. The maximum atomic E-state index is 6.01. The lowest BCUT2D eigenvalue weighted by molar-refractivity contribution is 0.250. The number of nitrogens with one attached hydrogen (secondary N) is 1. The van der Waals surface area contributed by atoms with E-state index in [2.05, 4.69) is 29.3 Å². The first-order chi connectivity index (χ1) is 8.70. The van der Waals surface area contributed by atoms with E-state index < -0.39 is 0 Å². The zero-order valence-corrected chi connectivity index (χ0v) is 11.7. The van der Waals surface area contributed by atoms with Gasteiger partial charge in [-0.15, -0.1) is 0 Å². The van der Waals surface area contributed by atoms with Gasteiger partial charge in [-0.05, 0) is 49.4 Å². The Morgan fingerprint density at radius 2 is 2.11 bits per heavy atom. The molecule has 0 spiro atoms. The number of aryl methyl sites for hydroxylation is 1. The summed E-state index contributed by atoms with van der Waals surface area (Å²) < 4.78 is 0. The molecule has 2 heterocycles. The first-order valence-electron chi connectivity index (χ1n) is 6.94. The van der Waals surface area contributed by atoms with Crippen molar-refractivity contribution in [2.75, 3.05) is 13.1 Å². The quantitative estimate of drug-likeness (QED) is 0.884. The predicted octanol–water partition coefficient (Wildman–Crippen LogP) is 2.97. The fourth-order valence-electron chi connectivity index (χ4n) is 3.24. The molecule has 3 rings (SSSR count). The Bertz CT molecular complexity index is 433. The van der Waals surface area contributed by atoms with Gasteiger partial charge in [-0.3, -0.25) is 4.90 Å². The minimum atomic E-state index is 0.713. The van der Waals surface area contributed by atoms with Crippen molar-refractivity contribution < 1.29 is 0 Å². The van der Waals surface area contributed by atoms with Crippen molar-refractivity contribution in [2.24, 2.45) is 0 Å². The summed E-state index contributed by atoms with van der Waals surface area (Å²) >= 11 is 6.01. The van der Waals surface area contributed by atoms with E-state index in [1.165, 1.54) is 43.5 Å². The minimum Gasteiger partial charge on any atom is -0.310 e. The molecule has 2 nitrogen and oxygen atoms in total. The average molecular weight is 265 g/mol. The van der Waals surface area contributed by atoms with Gasteiger partial charge in [-0.2, -0.15) is 0 Å². The monoisotopic (exact) mass is 264 g/mol. The SMILES string of the molecule is Cc1cc(Cl)ccc1CN1CCC2CCC(C1)N2. The first kappa shape index (κ1) is 12.5. The van der Waals surface area contributed by atoms with Crippen LogP contribution in [0.1, 0.15) is 30.4 Å². The van der Waals surface area contributed by atoms with Crippen LogP contribution in [0.25, 0.3) is 0 Å². The summed E-state index contributed by atoms with van der Waals surface area (Å²) in [6, 6.07) is 7.73. The van der Waals surface area contributed by atoms with Crippen molar-refractivity contribution in [2.45, 2.75) is 44.8 Å². The van der Waals surface area contributed by atoms with Gasteiger partial charge >= 0.3 is 0 Å². The molecule has 3 heteroatoms. The van der Waals surface area contributed by atoms with Crippen LogP contribution in [0.3, 0.4) is 0 Å². The predicted molar refractivity (Wildman–Crippen MR) is 76.0 cm³/mol. The second-order valence-electron chi connectivity index (χ2n) is 5.73. The maximum Gasteiger partial charge on any atom is 0.0408 e. The van der Waals surface area contributed by atoms with Crippen LogP contribution in [0.4, 0.5) is 0 Å². The fourth-order valence-corrected chi connectivity index (χ4v) is 3.46. The maximum absolute atomic E-state index is 6.01. The van der Waals surface area contributed by atoms with Gasteiger partial charge in [0.2, 0.25) is 0 Å². The number of likely N-dealkylation sites (tertiary alicyclic amines) is 1. The Morgan fingerprint density at radius 3 is 2.94 bits per heavy atom. The minimum absolute atomic E-state index is 0.713. The third-order valence-electron chi connectivity index (χ3n) is 4.31. The van der Waals surface area contributed by atoms with Crippen molar-refractivity contribution in [1.82, 2.24) is 10.2 Å². The van der Waals surface area contributed by atoms with E-state index in [4.69, 9.17) is 11.6 Å². The normalized spacial score (nSPS) is 28.3. The van der Waals surface area contributed by atoms with Crippen LogP contribution < -0.4 is 5.32 Å². The summed E-state index contributed by atoms with van der Waals surface area (Å²) in [6.07, 6.45) is 4.02. The van der Waals surface area contributed by atoms with E-state index in [1.807, 2.05) is 6.07 Å². The number of hydrogen-bond acceptors (Lipinski definition) is 2. The molecule has 2 atom stereocenters. The first-order valence-corrected chi connectivity index (χ1v) is 7.32. The molecule has 1 aromatic carbocycles. The van der Waals surface area contributed by atoms with Crippen LogP contribution >= 0.6 is 11.6 Å². The van der Waals surface area contributed by atoms with E-state index >= 15 is 0 Å². The summed E-state index contributed by atoms with van der Waals surface area (Å²) in [7, 11) is 0. The fraction of sp³-hybridized carbons (Fsp3) is 0.600. The largest absolute Gasteiger partial charge is 0.310 e. The van der Waals surface area contributed by atoms with E-state index in [9.17, 15) is 0 Å². The van der Waals surface area contributed by atoms with Gasteiger partial charge in [0.25, 0.3) is 0 Å². The number of fused-ring (bicyclic) bond motifs is 2. The summed E-state index contributed by atoms with van der Waals surface area (Å²) in [5.74, 6) is 0. The standard InChI is InChI=1S/C15H21ClN2/c1-11-8-13(16)3-2-12(11)9-18-7-6-14-4-5-15(10-18)17-14/h2-3,8,14-15,17H,4-7,9-10H2,1H3. The van der Waals surface area contributed by atoms with E-state index in [0.717, 1.165) is 17.6 Å². The van der Waals surface area contributed by atoms with Gasteiger partial charge in [0.1, 0.15) is 0 Å². The Balaban J connectivity index is 1.68. The second-order valence-corrected chi connectivity index (χ2v) is 6.17. The summed E-state index contributed by atoms with van der Waals surface area (Å²) in [6.45, 7) is 5.63. The molecule has 2 aliphatic heterocycles. The summed E-state index contributed by atoms with van der Waals surface area (Å²) in [5, 5.41) is 4.57. The molecule has 2 unspecified atom stereocenters. The highest BCUT2D eigenvalue weighted by Gasteiger charge is 2.29. The molecule has 98 valence electrons. The highest BCUT2D eigenvalue weighted by atomic mass is 35.5. The molecule has 18 heavy (non-hydrogen) atoms. The molecular formula is C15H21ClN2. The number of halogens is 1. The van der Waals surface area contributed by atoms with Gasteiger partial charge in [-0.25, -0.2) is 0 Å².